The summed E-state index contributed by atoms with van der Waals surface area (Å²) in [5, 5.41) is 14.1. The molecule has 1 unspecified atom stereocenters. The molecule has 154 valence electrons. The minimum absolute atomic E-state index is 0.141. The third kappa shape index (κ3) is 7.26. The van der Waals surface area contributed by atoms with Gasteiger partial charge in [0.05, 0.1) is 6.61 Å². The summed E-state index contributed by atoms with van der Waals surface area (Å²) in [7, 11) is 4.32. The lowest BCUT2D eigenvalue weighted by atomic mass is 9.99. The van der Waals surface area contributed by atoms with E-state index in [0.29, 0.717) is 23.7 Å². The summed E-state index contributed by atoms with van der Waals surface area (Å²) in [4.78, 5) is 27.2. The van der Waals surface area contributed by atoms with E-state index in [4.69, 9.17) is 19.2 Å². The molecule has 9 heteroatoms. The molecule has 0 aliphatic carbocycles. The van der Waals surface area contributed by atoms with E-state index in [1.165, 1.54) is 27.5 Å². The Labute approximate surface area is 165 Å². The molecule has 9 nitrogen and oxygen atoms in total. The van der Waals surface area contributed by atoms with Gasteiger partial charge in [-0.15, -0.1) is 0 Å². The number of oxime groups is 3. The van der Waals surface area contributed by atoms with Gasteiger partial charge < -0.3 is 24.6 Å². The lowest BCUT2D eigenvalue weighted by Gasteiger charge is -2.15. The minimum Gasteiger partial charge on any atom is -0.474 e. The average molecular weight is 392 g/mol. The summed E-state index contributed by atoms with van der Waals surface area (Å²) in [6.07, 6.45) is 0.849. The quantitative estimate of drug-likeness (QED) is 0.374. The number of hydrogen-bond donors (Lipinski definition) is 1. The third-order valence-electron chi connectivity index (χ3n) is 3.41. The van der Waals surface area contributed by atoms with Gasteiger partial charge in [-0.25, -0.2) is 0 Å². The summed E-state index contributed by atoms with van der Waals surface area (Å²) in [6, 6.07) is 7.21. The van der Waals surface area contributed by atoms with E-state index in [1.54, 1.807) is 19.1 Å². The van der Waals surface area contributed by atoms with Gasteiger partial charge in [-0.05, 0) is 18.0 Å². The maximum atomic E-state index is 12.1. The van der Waals surface area contributed by atoms with Crippen molar-refractivity contribution in [3.63, 3.8) is 0 Å². The first kappa shape index (κ1) is 22.9. The number of ether oxygens (including phenoxy) is 1. The van der Waals surface area contributed by atoms with Crippen molar-refractivity contribution in [3.8, 4) is 0 Å². The highest BCUT2D eigenvalue weighted by Gasteiger charge is 2.21. The molecule has 0 bridgehead atoms. The van der Waals surface area contributed by atoms with Crippen LogP contribution in [0.5, 0.6) is 0 Å². The van der Waals surface area contributed by atoms with Crippen molar-refractivity contribution in [2.45, 2.75) is 26.9 Å². The van der Waals surface area contributed by atoms with E-state index in [2.05, 4.69) is 20.8 Å². The second-order valence-electron chi connectivity index (χ2n) is 6.09. The zero-order chi connectivity index (χ0) is 20.9. The van der Waals surface area contributed by atoms with Crippen molar-refractivity contribution in [1.82, 2.24) is 5.32 Å². The van der Waals surface area contributed by atoms with Crippen LogP contribution in [0.3, 0.4) is 0 Å². The van der Waals surface area contributed by atoms with Crippen LogP contribution in [0.1, 0.15) is 38.0 Å². The molecule has 0 aliphatic rings. The number of nitrogens with one attached hydrogen (secondary N) is 1. The van der Waals surface area contributed by atoms with Crippen LogP contribution in [-0.4, -0.2) is 51.6 Å². The Morgan fingerprint density at radius 3 is 2.43 bits per heavy atom. The van der Waals surface area contributed by atoms with Crippen LogP contribution in [0.4, 0.5) is 0 Å². The van der Waals surface area contributed by atoms with Gasteiger partial charge in [-0.1, -0.05) is 48.4 Å². The van der Waals surface area contributed by atoms with Gasteiger partial charge in [-0.2, -0.15) is 0 Å². The number of amides is 1. The SMILES string of the molecule is CNC(=O)C(=NOC)c1ccccc1C(C)ON=CC(=NOC)OCC(C)C. The molecule has 0 radical (unpaired) electrons. The first-order valence-electron chi connectivity index (χ1n) is 8.80. The molecule has 0 heterocycles. The molecule has 1 aromatic rings. The van der Waals surface area contributed by atoms with Gasteiger partial charge in [0.2, 0.25) is 0 Å². The third-order valence-corrected chi connectivity index (χ3v) is 3.41. The maximum absolute atomic E-state index is 12.1. The van der Waals surface area contributed by atoms with Gasteiger partial charge in [0.15, 0.2) is 5.71 Å². The average Bonchev–Trinajstić information content (AvgIpc) is 2.69. The summed E-state index contributed by atoms with van der Waals surface area (Å²) in [5.74, 6) is 0.149. The summed E-state index contributed by atoms with van der Waals surface area (Å²) >= 11 is 0. The van der Waals surface area contributed by atoms with Crippen LogP contribution in [0.25, 0.3) is 0 Å². The predicted octanol–water partition coefficient (Wildman–Crippen LogP) is 2.48. The van der Waals surface area contributed by atoms with E-state index >= 15 is 0 Å². The van der Waals surface area contributed by atoms with Gasteiger partial charge in [-0.3, -0.25) is 4.79 Å². The molecule has 1 N–H and O–H groups in total. The van der Waals surface area contributed by atoms with Crippen molar-refractivity contribution in [2.75, 3.05) is 27.9 Å². The number of benzene rings is 1. The molecule has 28 heavy (non-hydrogen) atoms. The summed E-state index contributed by atoms with van der Waals surface area (Å²) < 4.78 is 5.48. The Bertz CT molecular complexity index is 716. The second-order valence-corrected chi connectivity index (χ2v) is 6.09. The molecule has 0 saturated heterocycles. The highest BCUT2D eigenvalue weighted by molar-refractivity contribution is 6.45. The topological polar surface area (TPSA) is 103 Å². The first-order chi connectivity index (χ1) is 13.4. The van der Waals surface area contributed by atoms with Crippen molar-refractivity contribution < 1.29 is 24.0 Å². The van der Waals surface area contributed by atoms with Gasteiger partial charge >= 0.3 is 0 Å². The normalized spacial score (nSPS) is 13.4. The Kier molecular flexibility index (Phi) is 10.1. The lowest BCUT2D eigenvalue weighted by Crippen LogP contribution is -2.29. The van der Waals surface area contributed by atoms with Gasteiger partial charge in [0.25, 0.3) is 11.8 Å². The van der Waals surface area contributed by atoms with Crippen LogP contribution in [-0.2, 0) is 24.0 Å². The number of nitrogens with zero attached hydrogens (tertiary/aromatic N) is 3. The molecule has 0 fully saturated rings. The van der Waals surface area contributed by atoms with E-state index in [-0.39, 0.29) is 17.5 Å². The van der Waals surface area contributed by atoms with E-state index in [0.717, 1.165) is 0 Å². The number of hydrogen-bond acceptors (Lipinski definition) is 8. The summed E-state index contributed by atoms with van der Waals surface area (Å²) in [5.41, 5.74) is 1.43. The first-order valence-corrected chi connectivity index (χ1v) is 8.80. The fourth-order valence-corrected chi connectivity index (χ4v) is 2.14. The highest BCUT2D eigenvalue weighted by Crippen LogP contribution is 2.22. The fraction of sp³-hybridized carbons (Fsp3) is 0.474. The van der Waals surface area contributed by atoms with Crippen LogP contribution in [0.2, 0.25) is 0 Å². The smallest absolute Gasteiger partial charge is 0.273 e. The second kappa shape index (κ2) is 12.3. The molecule has 0 saturated carbocycles. The molecule has 1 rings (SSSR count). The zero-order valence-electron chi connectivity index (χ0n) is 17.1. The number of carbonyl (C=O) groups is 1. The Morgan fingerprint density at radius 2 is 1.82 bits per heavy atom. The van der Waals surface area contributed by atoms with E-state index in [9.17, 15) is 4.79 Å². The molecular formula is C19H28N4O5. The zero-order valence-corrected chi connectivity index (χ0v) is 17.1. The van der Waals surface area contributed by atoms with Crippen molar-refractivity contribution in [3.05, 3.63) is 35.4 Å². The van der Waals surface area contributed by atoms with Crippen LogP contribution >= 0.6 is 0 Å². The molecule has 0 aromatic heterocycles. The minimum atomic E-state index is -0.479. The van der Waals surface area contributed by atoms with Crippen LogP contribution < -0.4 is 5.32 Å². The largest absolute Gasteiger partial charge is 0.474 e. The van der Waals surface area contributed by atoms with Gasteiger partial charge in [0.1, 0.15) is 26.5 Å². The van der Waals surface area contributed by atoms with Crippen molar-refractivity contribution >= 4 is 23.7 Å². The predicted molar refractivity (Wildman–Crippen MR) is 107 cm³/mol. The maximum Gasteiger partial charge on any atom is 0.273 e. The Balaban J connectivity index is 2.98. The molecule has 1 amide bonds. The van der Waals surface area contributed by atoms with Crippen LogP contribution in [0.15, 0.2) is 39.7 Å². The molecule has 0 spiro atoms. The monoisotopic (exact) mass is 392 g/mol. The van der Waals surface area contributed by atoms with Crippen LogP contribution in [0, 0.1) is 5.92 Å². The van der Waals surface area contributed by atoms with Crippen molar-refractivity contribution in [2.24, 2.45) is 21.4 Å². The van der Waals surface area contributed by atoms with E-state index < -0.39 is 6.10 Å². The Hall–Kier alpha value is -3.10. The summed E-state index contributed by atoms with van der Waals surface area (Å²) in [6.45, 7) is 6.30. The standard InChI is InChI=1S/C19H28N4O5/c1-13(2)12-27-17(22-25-5)11-21-28-14(3)15-9-7-8-10-16(15)18(23-26-6)19(24)20-4/h7-11,13-14H,12H2,1-6H3,(H,20,24). The molecule has 0 aliphatic heterocycles. The fourth-order valence-electron chi connectivity index (χ4n) is 2.14. The van der Waals surface area contributed by atoms with Gasteiger partial charge in [0, 0.05) is 18.2 Å². The highest BCUT2D eigenvalue weighted by atomic mass is 16.6. The molecular weight excluding hydrogens is 364 g/mol. The number of rotatable bonds is 10. The van der Waals surface area contributed by atoms with Crippen molar-refractivity contribution in [1.29, 1.82) is 0 Å². The number of carbonyl (C=O) groups excluding carboxylic acids is 1. The van der Waals surface area contributed by atoms with E-state index in [1.807, 2.05) is 26.0 Å². The Morgan fingerprint density at radius 1 is 1.14 bits per heavy atom. The molecule has 1 atom stereocenters. The molecule has 1 aromatic carbocycles. The lowest BCUT2D eigenvalue weighted by molar-refractivity contribution is -0.114. The number of likely N-dealkylation sites (N-methyl/N-ethyl adjacent to an activating group) is 1.